The first kappa shape index (κ1) is 18.1. The topological polar surface area (TPSA) is 92.8 Å². The summed E-state index contributed by atoms with van der Waals surface area (Å²) in [4.78, 5) is 49.4. The van der Waals surface area contributed by atoms with Crippen LogP contribution in [0, 0.1) is 0 Å². The maximum Gasteiger partial charge on any atom is 0.338 e. The molecule has 0 fully saturated rings. The number of nitrogens with one attached hydrogen (secondary N) is 1. The Bertz CT molecular complexity index is 899. The monoisotopic (exact) mass is 364 g/mol. The zero-order valence-corrected chi connectivity index (χ0v) is 14.3. The lowest BCUT2D eigenvalue weighted by molar-refractivity contribution is -0.124. The van der Waals surface area contributed by atoms with Crippen molar-refractivity contribution in [2.24, 2.45) is 0 Å². The third-order valence-corrected chi connectivity index (χ3v) is 3.93. The molecule has 1 aliphatic rings. The van der Waals surface area contributed by atoms with Gasteiger partial charge in [0.1, 0.15) is 0 Å². The number of benzene rings is 2. The maximum atomic E-state index is 12.5. The molecule has 0 spiro atoms. The quantitative estimate of drug-likeness (QED) is 0.480. The molecule has 1 heterocycles. The molecule has 136 valence electrons. The van der Waals surface area contributed by atoms with Gasteiger partial charge in [-0.15, -0.1) is 6.58 Å². The minimum Gasteiger partial charge on any atom is -0.452 e. The van der Waals surface area contributed by atoms with Crippen molar-refractivity contribution in [1.82, 2.24) is 5.32 Å². The Labute approximate surface area is 155 Å². The lowest BCUT2D eigenvalue weighted by Gasteiger charge is -2.14. The van der Waals surface area contributed by atoms with Crippen molar-refractivity contribution in [3.05, 3.63) is 77.9 Å². The molecule has 0 atom stereocenters. The Kier molecular flexibility index (Phi) is 5.12. The molecule has 3 rings (SSSR count). The number of ether oxygens (including phenoxy) is 1. The first-order valence-electron chi connectivity index (χ1n) is 8.15. The smallest absolute Gasteiger partial charge is 0.338 e. The van der Waals surface area contributed by atoms with Crippen LogP contribution in [0.2, 0.25) is 0 Å². The first-order chi connectivity index (χ1) is 13.0. The van der Waals surface area contributed by atoms with E-state index in [1.807, 2.05) is 0 Å². The molecular formula is C20H16N2O5. The molecule has 0 saturated carbocycles. The van der Waals surface area contributed by atoms with Crippen LogP contribution in [-0.4, -0.2) is 36.8 Å². The van der Waals surface area contributed by atoms with Crippen LogP contribution >= 0.6 is 0 Å². The van der Waals surface area contributed by atoms with Crippen LogP contribution in [0.3, 0.4) is 0 Å². The van der Waals surface area contributed by atoms with Gasteiger partial charge in [0.2, 0.25) is 0 Å². The second kappa shape index (κ2) is 7.65. The number of hydrogen-bond acceptors (Lipinski definition) is 5. The molecule has 0 unspecified atom stereocenters. The molecule has 1 aliphatic heterocycles. The highest BCUT2D eigenvalue weighted by atomic mass is 16.5. The molecule has 2 aromatic rings. The average Bonchev–Trinajstić information content (AvgIpc) is 2.95. The van der Waals surface area contributed by atoms with Gasteiger partial charge in [-0.1, -0.05) is 18.2 Å². The fraction of sp³-hybridized carbons (Fsp3) is 0.100. The summed E-state index contributed by atoms with van der Waals surface area (Å²) in [6.45, 7) is 3.34. The van der Waals surface area contributed by atoms with Crippen molar-refractivity contribution in [2.45, 2.75) is 0 Å². The number of rotatable bonds is 6. The van der Waals surface area contributed by atoms with Crippen molar-refractivity contribution in [1.29, 1.82) is 0 Å². The van der Waals surface area contributed by atoms with Gasteiger partial charge in [0.25, 0.3) is 17.7 Å². The Morgan fingerprint density at radius 3 is 2.15 bits per heavy atom. The molecule has 27 heavy (non-hydrogen) atoms. The highest BCUT2D eigenvalue weighted by Crippen LogP contribution is 2.28. The van der Waals surface area contributed by atoms with Gasteiger partial charge >= 0.3 is 5.97 Å². The lowest BCUT2D eigenvalue weighted by atomic mass is 10.1. The fourth-order valence-electron chi connectivity index (χ4n) is 2.62. The third kappa shape index (κ3) is 3.62. The highest BCUT2D eigenvalue weighted by Gasteiger charge is 2.36. The van der Waals surface area contributed by atoms with Crippen LogP contribution in [0.25, 0.3) is 0 Å². The summed E-state index contributed by atoms with van der Waals surface area (Å²) in [5.41, 5.74) is 1.24. The van der Waals surface area contributed by atoms with Gasteiger partial charge < -0.3 is 10.1 Å². The maximum absolute atomic E-state index is 12.5. The molecule has 0 bridgehead atoms. The SMILES string of the molecule is C=CCNC(=O)COC(=O)c1ccc(N2C(=O)c3ccccc3C2=O)cc1. The van der Waals surface area contributed by atoms with Gasteiger partial charge in [0.05, 0.1) is 22.4 Å². The number of amides is 3. The summed E-state index contributed by atoms with van der Waals surface area (Å²) in [6, 6.07) is 12.4. The van der Waals surface area contributed by atoms with E-state index in [1.54, 1.807) is 24.3 Å². The van der Waals surface area contributed by atoms with Crippen LogP contribution in [-0.2, 0) is 9.53 Å². The Hall–Kier alpha value is -3.74. The largest absolute Gasteiger partial charge is 0.452 e. The average molecular weight is 364 g/mol. The predicted molar refractivity (Wildman–Crippen MR) is 97.5 cm³/mol. The summed E-state index contributed by atoms with van der Waals surface area (Å²) in [6.07, 6.45) is 1.51. The van der Waals surface area contributed by atoms with Crippen molar-refractivity contribution in [3.63, 3.8) is 0 Å². The minimum absolute atomic E-state index is 0.201. The Morgan fingerprint density at radius 2 is 1.59 bits per heavy atom. The van der Waals surface area contributed by atoms with E-state index in [-0.39, 0.29) is 12.1 Å². The number of anilines is 1. The van der Waals surface area contributed by atoms with Crippen LogP contribution in [0.5, 0.6) is 0 Å². The van der Waals surface area contributed by atoms with Crippen molar-refractivity contribution < 1.29 is 23.9 Å². The Balaban J connectivity index is 1.68. The van der Waals surface area contributed by atoms with Crippen molar-refractivity contribution in [2.75, 3.05) is 18.1 Å². The third-order valence-electron chi connectivity index (χ3n) is 3.93. The van der Waals surface area contributed by atoms with E-state index < -0.39 is 30.3 Å². The van der Waals surface area contributed by atoms with Crippen LogP contribution in [0.4, 0.5) is 5.69 Å². The van der Waals surface area contributed by atoms with E-state index in [4.69, 9.17) is 4.74 Å². The van der Waals surface area contributed by atoms with Crippen LogP contribution in [0.15, 0.2) is 61.2 Å². The van der Waals surface area contributed by atoms with E-state index in [9.17, 15) is 19.2 Å². The molecule has 0 aliphatic carbocycles. The van der Waals surface area contributed by atoms with Crippen LogP contribution < -0.4 is 10.2 Å². The molecular weight excluding hydrogens is 348 g/mol. The second-order valence-corrected chi connectivity index (χ2v) is 5.71. The summed E-state index contributed by atoms with van der Waals surface area (Å²) < 4.78 is 4.91. The predicted octanol–water partition coefficient (Wildman–Crippen LogP) is 1.95. The van der Waals surface area contributed by atoms with Crippen molar-refractivity contribution >= 4 is 29.4 Å². The summed E-state index contributed by atoms with van der Waals surface area (Å²) >= 11 is 0. The number of carbonyl (C=O) groups excluding carboxylic acids is 4. The van der Waals surface area contributed by atoms with Gasteiger partial charge in [-0.05, 0) is 36.4 Å². The fourth-order valence-corrected chi connectivity index (χ4v) is 2.62. The van der Waals surface area contributed by atoms with Gasteiger partial charge in [0, 0.05) is 6.54 Å². The standard InChI is InChI=1S/C20H16N2O5/c1-2-11-21-17(23)12-27-20(26)13-7-9-14(10-8-13)22-18(24)15-5-3-4-6-16(15)19(22)25/h2-10H,1,11-12H2,(H,21,23). The molecule has 3 amide bonds. The number of fused-ring (bicyclic) bond motifs is 1. The molecule has 7 heteroatoms. The molecule has 0 aromatic heterocycles. The lowest BCUT2D eigenvalue weighted by Crippen LogP contribution is -2.29. The molecule has 7 nitrogen and oxygen atoms in total. The number of carbonyl (C=O) groups is 4. The number of hydrogen-bond donors (Lipinski definition) is 1. The normalized spacial score (nSPS) is 12.5. The van der Waals surface area contributed by atoms with Crippen LogP contribution in [0.1, 0.15) is 31.1 Å². The van der Waals surface area contributed by atoms with Gasteiger partial charge in [0.15, 0.2) is 6.61 Å². The summed E-state index contributed by atoms with van der Waals surface area (Å²) in [5.74, 6) is -1.95. The second-order valence-electron chi connectivity index (χ2n) is 5.71. The number of nitrogens with zero attached hydrogens (tertiary/aromatic N) is 1. The highest BCUT2D eigenvalue weighted by molar-refractivity contribution is 6.34. The van der Waals surface area contributed by atoms with E-state index in [1.165, 1.54) is 30.3 Å². The number of imide groups is 1. The minimum atomic E-state index is -0.683. The number of esters is 1. The zero-order chi connectivity index (χ0) is 19.4. The molecule has 1 N–H and O–H groups in total. The molecule has 0 radical (unpaired) electrons. The van der Waals surface area contributed by atoms with E-state index in [2.05, 4.69) is 11.9 Å². The van der Waals surface area contributed by atoms with Gasteiger partial charge in [-0.2, -0.15) is 0 Å². The van der Waals surface area contributed by atoms with E-state index in [0.717, 1.165) is 4.90 Å². The molecule has 2 aromatic carbocycles. The van der Waals surface area contributed by atoms with Crippen molar-refractivity contribution in [3.8, 4) is 0 Å². The summed E-state index contributed by atoms with van der Waals surface area (Å²) in [7, 11) is 0. The van der Waals surface area contributed by atoms with E-state index >= 15 is 0 Å². The Morgan fingerprint density at radius 1 is 1.00 bits per heavy atom. The van der Waals surface area contributed by atoms with Gasteiger partial charge in [-0.3, -0.25) is 14.4 Å². The molecule has 0 saturated heterocycles. The first-order valence-corrected chi connectivity index (χ1v) is 8.15. The van der Waals surface area contributed by atoms with Gasteiger partial charge in [-0.25, -0.2) is 9.69 Å². The zero-order valence-electron chi connectivity index (χ0n) is 14.3. The van der Waals surface area contributed by atoms with E-state index in [0.29, 0.717) is 16.8 Å². The summed E-state index contributed by atoms with van der Waals surface area (Å²) in [5, 5.41) is 2.49.